The molecule has 0 aliphatic rings. The molecule has 0 saturated carbocycles. The molecule has 0 saturated heterocycles. The first kappa shape index (κ1) is 19.4. The summed E-state index contributed by atoms with van der Waals surface area (Å²) in [6, 6.07) is 6.46. The van der Waals surface area contributed by atoms with Gasteiger partial charge in [0.25, 0.3) is 0 Å². The van der Waals surface area contributed by atoms with Crippen molar-refractivity contribution in [2.45, 2.75) is 59.2 Å². The first-order valence-corrected chi connectivity index (χ1v) is 15.8. The van der Waals surface area contributed by atoms with Crippen molar-refractivity contribution in [2.24, 2.45) is 0 Å². The van der Waals surface area contributed by atoms with Gasteiger partial charge >= 0.3 is 6.16 Å². The molecule has 0 aliphatic heterocycles. The Kier molecular flexibility index (Phi) is 6.30. The van der Waals surface area contributed by atoms with Gasteiger partial charge in [-0.1, -0.05) is 65.5 Å². The lowest BCUT2D eigenvalue weighted by Gasteiger charge is -2.43. The quantitative estimate of drug-likeness (QED) is 0.403. The standard InChI is InChI=1S/C15H26Cl3NSi2/c1-11(2)13-9-8-10-14(12(3)4)15(13)19(20(5,6)7)21(16,17)18/h8-12H,1-7H3. The number of hydrogen-bond donors (Lipinski definition) is 0. The second-order valence-corrected chi connectivity index (χ2v) is 20.4. The monoisotopic (exact) mass is 381 g/mol. The van der Waals surface area contributed by atoms with E-state index in [1.807, 2.05) is 0 Å². The molecule has 120 valence electrons. The Balaban J connectivity index is 3.71. The highest BCUT2D eigenvalue weighted by Gasteiger charge is 2.44. The zero-order valence-electron chi connectivity index (χ0n) is 14.0. The third-order valence-corrected chi connectivity index (χ3v) is 11.6. The minimum atomic E-state index is -3.01. The molecular weight excluding hydrogens is 357 g/mol. The Morgan fingerprint density at radius 2 is 1.24 bits per heavy atom. The second kappa shape index (κ2) is 6.83. The average molecular weight is 383 g/mol. The van der Waals surface area contributed by atoms with Gasteiger partial charge in [0.15, 0.2) is 0 Å². The maximum absolute atomic E-state index is 6.50. The van der Waals surface area contributed by atoms with Crippen molar-refractivity contribution in [1.29, 1.82) is 0 Å². The van der Waals surface area contributed by atoms with Crippen molar-refractivity contribution in [2.75, 3.05) is 4.23 Å². The Morgan fingerprint density at radius 3 is 1.48 bits per heavy atom. The number of halogens is 3. The Labute approximate surface area is 145 Å². The molecule has 21 heavy (non-hydrogen) atoms. The molecule has 0 aliphatic carbocycles. The molecule has 0 fully saturated rings. The summed E-state index contributed by atoms with van der Waals surface area (Å²) in [6.07, 6.45) is -3.01. The van der Waals surface area contributed by atoms with Crippen LogP contribution in [0.25, 0.3) is 0 Å². The fourth-order valence-electron chi connectivity index (χ4n) is 2.61. The van der Waals surface area contributed by atoms with Gasteiger partial charge in [-0.2, -0.15) is 0 Å². The van der Waals surface area contributed by atoms with Gasteiger partial charge in [0.1, 0.15) is 8.24 Å². The number of benzene rings is 1. The predicted octanol–water partition coefficient (Wildman–Crippen LogP) is 6.73. The van der Waals surface area contributed by atoms with Crippen molar-refractivity contribution in [3.63, 3.8) is 0 Å². The van der Waals surface area contributed by atoms with Crippen molar-refractivity contribution in [3.8, 4) is 0 Å². The molecule has 0 amide bonds. The van der Waals surface area contributed by atoms with Crippen molar-refractivity contribution < 1.29 is 0 Å². The molecule has 1 nitrogen and oxygen atoms in total. The molecule has 0 bridgehead atoms. The summed E-state index contributed by atoms with van der Waals surface area (Å²) >= 11 is 19.5. The smallest absolute Gasteiger partial charge is 0.389 e. The lowest BCUT2D eigenvalue weighted by molar-refractivity contribution is 0.835. The topological polar surface area (TPSA) is 3.24 Å². The average Bonchev–Trinajstić information content (AvgIpc) is 2.24. The van der Waals surface area contributed by atoms with Gasteiger partial charge < -0.3 is 4.23 Å². The van der Waals surface area contributed by atoms with Crippen molar-refractivity contribution >= 4 is 53.3 Å². The molecule has 0 N–H and O–H groups in total. The van der Waals surface area contributed by atoms with E-state index >= 15 is 0 Å². The number of hydrogen-bond acceptors (Lipinski definition) is 1. The molecule has 1 aromatic rings. The molecule has 0 atom stereocenters. The van der Waals surface area contributed by atoms with Crippen LogP contribution < -0.4 is 4.23 Å². The molecular formula is C15H26Cl3NSi2. The maximum atomic E-state index is 6.50. The van der Waals surface area contributed by atoms with Crippen LogP contribution in [0.4, 0.5) is 5.69 Å². The van der Waals surface area contributed by atoms with Crippen LogP contribution in [0.5, 0.6) is 0 Å². The van der Waals surface area contributed by atoms with E-state index in [0.717, 1.165) is 0 Å². The number of para-hydroxylation sites is 1. The van der Waals surface area contributed by atoms with Crippen molar-refractivity contribution in [3.05, 3.63) is 29.3 Å². The fourth-order valence-corrected chi connectivity index (χ4v) is 14.7. The van der Waals surface area contributed by atoms with E-state index in [4.69, 9.17) is 33.2 Å². The second-order valence-electron chi connectivity index (χ2n) is 7.07. The summed E-state index contributed by atoms with van der Waals surface area (Å²) in [5.74, 6) is 0.804. The Morgan fingerprint density at radius 1 is 0.857 bits per heavy atom. The summed E-state index contributed by atoms with van der Waals surface area (Å²) < 4.78 is 2.19. The zero-order valence-corrected chi connectivity index (χ0v) is 18.2. The van der Waals surface area contributed by atoms with Crippen LogP contribution in [-0.2, 0) is 0 Å². The predicted molar refractivity (Wildman–Crippen MR) is 104 cm³/mol. The first-order valence-electron chi connectivity index (χ1n) is 7.37. The van der Waals surface area contributed by atoms with Crippen LogP contribution >= 0.6 is 33.2 Å². The SMILES string of the molecule is CC(C)c1cccc(C(C)C)c1N([Si](C)(C)C)[Si](Cl)(Cl)Cl. The molecule has 0 aromatic heterocycles. The van der Waals surface area contributed by atoms with Gasteiger partial charge in [-0.3, -0.25) is 0 Å². The molecule has 0 heterocycles. The molecule has 1 aromatic carbocycles. The van der Waals surface area contributed by atoms with Gasteiger partial charge in [-0.15, -0.1) is 33.2 Å². The zero-order chi connectivity index (χ0) is 16.6. The highest BCUT2D eigenvalue weighted by atomic mass is 35.8. The lowest BCUT2D eigenvalue weighted by atomic mass is 9.93. The van der Waals surface area contributed by atoms with Crippen LogP contribution in [-0.4, -0.2) is 14.4 Å². The number of anilines is 1. The number of rotatable bonds is 5. The van der Waals surface area contributed by atoms with Gasteiger partial charge in [-0.05, 0) is 23.0 Å². The molecule has 0 spiro atoms. The summed E-state index contributed by atoms with van der Waals surface area (Å²) in [5, 5.41) is 0. The van der Waals surface area contributed by atoms with E-state index in [0.29, 0.717) is 11.8 Å². The van der Waals surface area contributed by atoms with Crippen molar-refractivity contribution in [1.82, 2.24) is 0 Å². The third-order valence-electron chi connectivity index (χ3n) is 3.49. The minimum absolute atomic E-state index is 0.402. The first-order chi connectivity index (χ1) is 9.37. The van der Waals surface area contributed by atoms with Crippen LogP contribution in [0.2, 0.25) is 19.6 Å². The third kappa shape index (κ3) is 4.65. The van der Waals surface area contributed by atoms with E-state index < -0.39 is 14.4 Å². The molecule has 0 unspecified atom stereocenters. The summed E-state index contributed by atoms with van der Waals surface area (Å²) in [5.41, 5.74) is 3.73. The highest BCUT2D eigenvalue weighted by Crippen LogP contribution is 2.43. The van der Waals surface area contributed by atoms with E-state index in [-0.39, 0.29) is 0 Å². The van der Waals surface area contributed by atoms with Crippen LogP contribution in [0.1, 0.15) is 50.7 Å². The fraction of sp³-hybridized carbons (Fsp3) is 0.600. The van der Waals surface area contributed by atoms with Gasteiger partial charge in [0.05, 0.1) is 0 Å². The normalized spacial score (nSPS) is 13.1. The van der Waals surface area contributed by atoms with E-state index in [1.54, 1.807) is 0 Å². The summed E-state index contributed by atoms with van der Waals surface area (Å²) in [6.45, 7) is 15.5. The Hall–Kier alpha value is 0.324. The maximum Gasteiger partial charge on any atom is 0.446 e. The highest BCUT2D eigenvalue weighted by molar-refractivity contribution is 7.67. The lowest BCUT2D eigenvalue weighted by Crippen LogP contribution is -2.57. The van der Waals surface area contributed by atoms with Gasteiger partial charge in [0, 0.05) is 5.69 Å². The Bertz CT molecular complexity index is 450. The molecule has 1 rings (SSSR count). The molecule has 0 radical (unpaired) electrons. The molecule has 6 heteroatoms. The largest absolute Gasteiger partial charge is 0.446 e. The van der Waals surface area contributed by atoms with Gasteiger partial charge in [0.2, 0.25) is 0 Å². The van der Waals surface area contributed by atoms with E-state index in [2.05, 4.69) is 69.8 Å². The van der Waals surface area contributed by atoms with Crippen LogP contribution in [0.3, 0.4) is 0 Å². The van der Waals surface area contributed by atoms with Crippen LogP contribution in [0.15, 0.2) is 18.2 Å². The minimum Gasteiger partial charge on any atom is -0.389 e. The van der Waals surface area contributed by atoms with E-state index in [9.17, 15) is 0 Å². The van der Waals surface area contributed by atoms with Crippen LogP contribution in [0, 0.1) is 0 Å². The number of nitrogens with zero attached hydrogens (tertiary/aromatic N) is 1. The summed E-state index contributed by atoms with van der Waals surface area (Å²) in [7, 11) is -1.82. The summed E-state index contributed by atoms with van der Waals surface area (Å²) in [4.78, 5) is 0. The van der Waals surface area contributed by atoms with E-state index in [1.165, 1.54) is 16.8 Å². The van der Waals surface area contributed by atoms with Gasteiger partial charge in [-0.25, -0.2) is 0 Å².